The zero-order chi connectivity index (χ0) is 22.4. The van der Waals surface area contributed by atoms with Gasteiger partial charge in [0.05, 0.1) is 11.7 Å². The topological polar surface area (TPSA) is 52.1 Å². The van der Waals surface area contributed by atoms with Gasteiger partial charge in [-0.3, -0.25) is 0 Å². The van der Waals surface area contributed by atoms with Crippen LogP contribution in [0, 0.1) is 11.6 Å². The molecular formula is C26H14F2N2O2S. The predicted octanol–water partition coefficient (Wildman–Crippen LogP) is 7.82. The molecule has 0 saturated heterocycles. The second kappa shape index (κ2) is 7.79. The molecule has 0 spiro atoms. The number of furan rings is 2. The third-order valence-corrected chi connectivity index (χ3v) is 5.94. The van der Waals surface area contributed by atoms with E-state index in [2.05, 4.69) is 8.75 Å². The molecule has 6 rings (SSSR count). The zero-order valence-electron chi connectivity index (χ0n) is 17.0. The van der Waals surface area contributed by atoms with Crippen LogP contribution in [0.3, 0.4) is 0 Å². The van der Waals surface area contributed by atoms with E-state index in [1.807, 2.05) is 36.4 Å². The van der Waals surface area contributed by atoms with Crippen LogP contribution in [-0.2, 0) is 0 Å². The highest BCUT2D eigenvalue weighted by molar-refractivity contribution is 7.00. The molecule has 0 bridgehead atoms. The van der Waals surface area contributed by atoms with Crippen LogP contribution in [0.2, 0.25) is 0 Å². The van der Waals surface area contributed by atoms with Crippen molar-refractivity contribution in [1.29, 1.82) is 0 Å². The smallest absolute Gasteiger partial charge is 0.137 e. The van der Waals surface area contributed by atoms with E-state index in [-0.39, 0.29) is 11.6 Å². The average molecular weight is 456 g/mol. The molecule has 3 aromatic carbocycles. The molecule has 0 fully saturated rings. The Morgan fingerprint density at radius 3 is 1.30 bits per heavy atom. The Balaban J connectivity index is 1.38. The summed E-state index contributed by atoms with van der Waals surface area (Å²) in [6.07, 6.45) is 0. The van der Waals surface area contributed by atoms with E-state index in [9.17, 15) is 8.78 Å². The third kappa shape index (κ3) is 3.52. The van der Waals surface area contributed by atoms with Crippen LogP contribution in [0.1, 0.15) is 0 Å². The predicted molar refractivity (Wildman–Crippen MR) is 124 cm³/mol. The van der Waals surface area contributed by atoms with Crippen molar-refractivity contribution in [1.82, 2.24) is 8.75 Å². The molecule has 0 saturated carbocycles. The van der Waals surface area contributed by atoms with Gasteiger partial charge in [0.2, 0.25) is 0 Å². The zero-order valence-corrected chi connectivity index (χ0v) is 17.8. The maximum absolute atomic E-state index is 13.2. The Morgan fingerprint density at radius 1 is 0.485 bits per heavy atom. The van der Waals surface area contributed by atoms with Gasteiger partial charge in [-0.15, -0.1) is 0 Å². The van der Waals surface area contributed by atoms with E-state index in [1.165, 1.54) is 24.3 Å². The number of hydrogen-bond donors (Lipinski definition) is 0. The van der Waals surface area contributed by atoms with Crippen molar-refractivity contribution >= 4 is 22.8 Å². The minimum absolute atomic E-state index is 0.295. The summed E-state index contributed by atoms with van der Waals surface area (Å²) in [7, 11) is 0. The van der Waals surface area contributed by atoms with Gasteiger partial charge < -0.3 is 8.83 Å². The molecule has 0 aliphatic rings. The molecular weight excluding hydrogens is 442 g/mol. The molecule has 160 valence electrons. The highest BCUT2D eigenvalue weighted by Crippen LogP contribution is 2.38. The molecule has 0 radical (unpaired) electrons. The molecule has 6 aromatic rings. The lowest BCUT2D eigenvalue weighted by atomic mass is 10.1. The van der Waals surface area contributed by atoms with Gasteiger partial charge in [0, 0.05) is 22.3 Å². The summed E-state index contributed by atoms with van der Waals surface area (Å²) in [6.45, 7) is 0. The standard InChI is InChI=1S/C26H14F2N2O2S/c27-17-5-1-15(2-6-17)21-11-13-23(31-21)19-9-10-20(26-25(19)29-33-30-26)24-14-12-22(32-24)16-3-7-18(28)8-4-16/h1-14H. The molecule has 0 amide bonds. The van der Waals surface area contributed by atoms with Crippen LogP contribution in [0.5, 0.6) is 0 Å². The van der Waals surface area contributed by atoms with Gasteiger partial charge in [0.1, 0.15) is 45.7 Å². The highest BCUT2D eigenvalue weighted by Gasteiger charge is 2.18. The van der Waals surface area contributed by atoms with Gasteiger partial charge in [0.15, 0.2) is 0 Å². The summed E-state index contributed by atoms with van der Waals surface area (Å²) in [6, 6.07) is 23.6. The van der Waals surface area contributed by atoms with Gasteiger partial charge in [-0.05, 0) is 84.9 Å². The summed E-state index contributed by atoms with van der Waals surface area (Å²) >= 11 is 1.11. The maximum atomic E-state index is 13.2. The normalized spacial score (nSPS) is 11.3. The van der Waals surface area contributed by atoms with E-state index < -0.39 is 0 Å². The van der Waals surface area contributed by atoms with Gasteiger partial charge in [-0.2, -0.15) is 8.75 Å². The summed E-state index contributed by atoms with van der Waals surface area (Å²) in [4.78, 5) is 0. The molecule has 0 aliphatic heterocycles. The van der Waals surface area contributed by atoms with Crippen LogP contribution in [0.15, 0.2) is 93.8 Å². The summed E-state index contributed by atoms with van der Waals surface area (Å²) in [5.74, 6) is 1.98. The van der Waals surface area contributed by atoms with Gasteiger partial charge in [0.25, 0.3) is 0 Å². The van der Waals surface area contributed by atoms with Crippen LogP contribution in [0.4, 0.5) is 8.78 Å². The Bertz CT molecular complexity index is 1460. The molecule has 0 N–H and O–H groups in total. The first-order valence-electron chi connectivity index (χ1n) is 10.1. The third-order valence-electron chi connectivity index (χ3n) is 5.42. The summed E-state index contributed by atoms with van der Waals surface area (Å²) in [5, 5.41) is 0. The van der Waals surface area contributed by atoms with Crippen LogP contribution in [-0.4, -0.2) is 8.75 Å². The Kier molecular flexibility index (Phi) is 4.62. The van der Waals surface area contributed by atoms with E-state index >= 15 is 0 Å². The Hall–Kier alpha value is -4.10. The Morgan fingerprint density at radius 2 is 0.879 bits per heavy atom. The highest BCUT2D eigenvalue weighted by atomic mass is 32.1. The van der Waals surface area contributed by atoms with E-state index in [4.69, 9.17) is 8.83 Å². The fourth-order valence-corrected chi connectivity index (χ4v) is 4.34. The number of benzene rings is 3. The van der Waals surface area contributed by atoms with Gasteiger partial charge in [-0.25, -0.2) is 8.78 Å². The lowest BCUT2D eigenvalue weighted by Crippen LogP contribution is -1.83. The molecule has 7 heteroatoms. The lowest BCUT2D eigenvalue weighted by molar-refractivity contribution is 0.595. The molecule has 33 heavy (non-hydrogen) atoms. The fraction of sp³-hybridized carbons (Fsp3) is 0. The van der Waals surface area contributed by atoms with Crippen molar-refractivity contribution < 1.29 is 17.6 Å². The number of halogens is 2. The second-order valence-corrected chi connectivity index (χ2v) is 7.99. The van der Waals surface area contributed by atoms with Crippen LogP contribution in [0.25, 0.3) is 56.3 Å². The fourth-order valence-electron chi connectivity index (χ4n) is 3.77. The number of aromatic nitrogens is 2. The van der Waals surface area contributed by atoms with Crippen molar-refractivity contribution in [2.75, 3.05) is 0 Å². The number of nitrogens with zero attached hydrogens (tertiary/aromatic N) is 2. The van der Waals surface area contributed by atoms with Gasteiger partial charge in [-0.1, -0.05) is 0 Å². The van der Waals surface area contributed by atoms with Crippen LogP contribution >= 0.6 is 11.7 Å². The number of fused-ring (bicyclic) bond motifs is 1. The van der Waals surface area contributed by atoms with E-state index in [0.717, 1.165) is 34.0 Å². The molecule has 3 aromatic heterocycles. The van der Waals surface area contributed by atoms with E-state index in [1.54, 1.807) is 24.3 Å². The van der Waals surface area contributed by atoms with Crippen molar-refractivity contribution in [2.24, 2.45) is 0 Å². The SMILES string of the molecule is Fc1ccc(-c2ccc(-c3ccc(-c4ccc(-c5ccc(F)cc5)o4)c4nsnc34)o2)cc1. The van der Waals surface area contributed by atoms with Crippen molar-refractivity contribution in [2.45, 2.75) is 0 Å². The minimum Gasteiger partial charge on any atom is -0.456 e. The first kappa shape index (κ1) is 19.6. The quantitative estimate of drug-likeness (QED) is 0.271. The first-order valence-corrected chi connectivity index (χ1v) is 10.9. The molecule has 3 heterocycles. The molecule has 0 unspecified atom stereocenters. The van der Waals surface area contributed by atoms with Gasteiger partial charge >= 0.3 is 0 Å². The van der Waals surface area contributed by atoms with Crippen molar-refractivity contribution in [3.63, 3.8) is 0 Å². The van der Waals surface area contributed by atoms with Crippen molar-refractivity contribution in [3.8, 4) is 45.3 Å². The summed E-state index contributed by atoms with van der Waals surface area (Å²) in [5.41, 5.74) is 4.60. The minimum atomic E-state index is -0.295. The van der Waals surface area contributed by atoms with E-state index in [0.29, 0.717) is 34.1 Å². The van der Waals surface area contributed by atoms with Crippen molar-refractivity contribution in [3.05, 3.63) is 96.6 Å². The maximum Gasteiger partial charge on any atom is 0.137 e. The second-order valence-electron chi connectivity index (χ2n) is 7.46. The lowest BCUT2D eigenvalue weighted by Gasteiger charge is -2.03. The van der Waals surface area contributed by atoms with Crippen LogP contribution < -0.4 is 0 Å². The monoisotopic (exact) mass is 456 g/mol. The first-order chi connectivity index (χ1) is 16.2. The Labute approximate surface area is 191 Å². The molecule has 0 atom stereocenters. The summed E-state index contributed by atoms with van der Waals surface area (Å²) < 4.78 is 47.5. The number of hydrogen-bond acceptors (Lipinski definition) is 5. The average Bonchev–Trinajstić information content (AvgIpc) is 3.60. The molecule has 0 aliphatic carbocycles. The largest absolute Gasteiger partial charge is 0.456 e. The number of rotatable bonds is 4. The molecule has 4 nitrogen and oxygen atoms in total.